The summed E-state index contributed by atoms with van der Waals surface area (Å²) in [5.74, 6) is -0.777. The van der Waals surface area contributed by atoms with Crippen LogP contribution in [0.25, 0.3) is 10.9 Å². The average molecular weight is 428 g/mol. The van der Waals surface area contributed by atoms with Crippen molar-refractivity contribution in [1.29, 1.82) is 0 Å². The van der Waals surface area contributed by atoms with Crippen LogP contribution in [0.5, 0.6) is 0 Å². The minimum Gasteiger partial charge on any atom is -0.391 e. The molecule has 4 N–H and O–H groups in total. The number of hydrogen-bond acceptors (Lipinski definition) is 5. The van der Waals surface area contributed by atoms with Gasteiger partial charge >= 0.3 is 0 Å². The van der Waals surface area contributed by atoms with Crippen molar-refractivity contribution in [3.05, 3.63) is 30.0 Å². The van der Waals surface area contributed by atoms with E-state index in [2.05, 4.69) is 10.4 Å². The van der Waals surface area contributed by atoms with E-state index in [9.17, 15) is 19.5 Å². The van der Waals surface area contributed by atoms with E-state index in [1.165, 1.54) is 4.68 Å². The normalized spacial score (nSPS) is 23.5. The number of carbonyl (C=O) groups is 3. The van der Waals surface area contributed by atoms with Crippen LogP contribution in [0.3, 0.4) is 0 Å². The van der Waals surface area contributed by atoms with E-state index >= 15 is 0 Å². The van der Waals surface area contributed by atoms with Crippen molar-refractivity contribution in [2.24, 2.45) is 17.1 Å². The first kappa shape index (κ1) is 21.3. The Kier molecular flexibility index (Phi) is 5.25. The Hall–Kier alpha value is -2.94. The number of para-hydroxylation sites is 1. The van der Waals surface area contributed by atoms with Gasteiger partial charge in [-0.15, -0.1) is 0 Å². The van der Waals surface area contributed by atoms with Crippen LogP contribution in [0.2, 0.25) is 0 Å². The highest BCUT2D eigenvalue weighted by molar-refractivity contribution is 6.04. The fourth-order valence-corrected chi connectivity index (χ4v) is 4.31. The molecule has 2 aromatic rings. The lowest BCUT2D eigenvalue weighted by Crippen LogP contribution is -2.51. The van der Waals surface area contributed by atoms with E-state index in [0.717, 1.165) is 6.42 Å². The number of nitrogens with zero attached hydrogens (tertiary/aromatic N) is 3. The molecule has 4 rings (SSSR count). The summed E-state index contributed by atoms with van der Waals surface area (Å²) in [7, 11) is 0. The smallest absolute Gasteiger partial charge is 0.269 e. The summed E-state index contributed by atoms with van der Waals surface area (Å²) in [6, 6.07) is 6.62. The average Bonchev–Trinajstić information content (AvgIpc) is 3.21. The number of nitrogens with two attached hydrogens (primary N) is 1. The number of aliphatic hydroxyl groups excluding tert-OH is 1. The number of fused-ring (bicyclic) bond motifs is 2. The van der Waals surface area contributed by atoms with Crippen LogP contribution in [0.1, 0.15) is 44.1 Å². The first-order valence-electron chi connectivity index (χ1n) is 10.6. The quantitative estimate of drug-likeness (QED) is 0.623. The Bertz CT molecular complexity index is 1040. The van der Waals surface area contributed by atoms with Crippen molar-refractivity contribution in [2.75, 3.05) is 6.54 Å². The van der Waals surface area contributed by atoms with Gasteiger partial charge in [-0.3, -0.25) is 19.1 Å². The van der Waals surface area contributed by atoms with Crippen LogP contribution in [0, 0.1) is 11.3 Å². The Balaban J connectivity index is 1.50. The van der Waals surface area contributed by atoms with Crippen molar-refractivity contribution in [3.63, 3.8) is 0 Å². The third-order valence-electron chi connectivity index (χ3n) is 6.34. The molecule has 166 valence electrons. The monoisotopic (exact) mass is 427 g/mol. The lowest BCUT2D eigenvalue weighted by Gasteiger charge is -2.29. The van der Waals surface area contributed by atoms with Crippen molar-refractivity contribution in [1.82, 2.24) is 20.0 Å². The molecule has 1 aromatic carbocycles. The highest BCUT2D eigenvalue weighted by Crippen LogP contribution is 2.48. The van der Waals surface area contributed by atoms with Gasteiger partial charge in [0.15, 0.2) is 5.69 Å². The van der Waals surface area contributed by atoms with E-state index in [1.807, 2.05) is 20.8 Å². The highest BCUT2D eigenvalue weighted by Gasteiger charge is 2.56. The molecule has 1 saturated heterocycles. The summed E-state index contributed by atoms with van der Waals surface area (Å²) in [4.78, 5) is 39.4. The molecule has 31 heavy (non-hydrogen) atoms. The fraction of sp³-hybridized carbons (Fsp3) is 0.545. The van der Waals surface area contributed by atoms with Gasteiger partial charge in [-0.25, -0.2) is 0 Å². The van der Waals surface area contributed by atoms with Gasteiger partial charge in [0.25, 0.3) is 5.91 Å². The molecule has 9 nitrogen and oxygen atoms in total. The third kappa shape index (κ3) is 4.01. The van der Waals surface area contributed by atoms with Crippen molar-refractivity contribution in [3.8, 4) is 0 Å². The standard InChI is InChI=1S/C22H29N5O4/c1-22(2,3)17(28)10-24-21(31)16-9-12-8-15(12)27(16)18(29)11-26-14-7-5-4-6-13(14)19(25-26)20(23)30/h4-7,12,15-17,28H,8-11H2,1-3H3,(H2,23,30)(H,24,31)/t12-,15-,16+,17?/m1/s1. The van der Waals surface area contributed by atoms with E-state index < -0.39 is 18.1 Å². The maximum atomic E-state index is 13.2. The van der Waals surface area contributed by atoms with Gasteiger partial charge in [-0.2, -0.15) is 5.10 Å². The minimum absolute atomic E-state index is 0.0632. The minimum atomic E-state index is -0.681. The van der Waals surface area contributed by atoms with Gasteiger partial charge in [0.1, 0.15) is 12.6 Å². The summed E-state index contributed by atoms with van der Waals surface area (Å²) in [5, 5.41) is 17.9. The number of piperidine rings is 1. The molecule has 2 aliphatic rings. The zero-order valence-electron chi connectivity index (χ0n) is 18.0. The molecule has 0 bridgehead atoms. The largest absolute Gasteiger partial charge is 0.391 e. The molecule has 0 spiro atoms. The number of hydrogen-bond donors (Lipinski definition) is 3. The Labute approximate surface area is 180 Å². The predicted octanol–water partition coefficient (Wildman–Crippen LogP) is 0.648. The molecular formula is C22H29N5O4. The first-order valence-corrected chi connectivity index (χ1v) is 10.6. The van der Waals surface area contributed by atoms with Gasteiger partial charge in [-0.05, 0) is 30.2 Å². The van der Waals surface area contributed by atoms with Crippen molar-refractivity contribution in [2.45, 2.75) is 58.3 Å². The Morgan fingerprint density at radius 2 is 1.97 bits per heavy atom. The van der Waals surface area contributed by atoms with E-state index in [1.54, 1.807) is 29.2 Å². The molecule has 1 aliphatic carbocycles. The molecule has 1 aromatic heterocycles. The van der Waals surface area contributed by atoms with Crippen LogP contribution in [-0.2, 0) is 16.1 Å². The topological polar surface area (TPSA) is 131 Å². The maximum Gasteiger partial charge on any atom is 0.269 e. The first-order chi connectivity index (χ1) is 14.6. The number of amides is 3. The second-order valence-electron chi connectivity index (χ2n) is 9.63. The highest BCUT2D eigenvalue weighted by atomic mass is 16.3. The number of primary amides is 1. The Morgan fingerprint density at radius 3 is 2.65 bits per heavy atom. The summed E-state index contributed by atoms with van der Waals surface area (Å²) in [6.45, 7) is 5.77. The number of benzene rings is 1. The third-order valence-corrected chi connectivity index (χ3v) is 6.34. The summed E-state index contributed by atoms with van der Waals surface area (Å²) in [5.41, 5.74) is 5.86. The molecule has 4 atom stereocenters. The zero-order valence-corrected chi connectivity index (χ0v) is 18.0. The molecular weight excluding hydrogens is 398 g/mol. The van der Waals surface area contributed by atoms with Gasteiger partial charge in [-0.1, -0.05) is 39.0 Å². The lowest BCUT2D eigenvalue weighted by atomic mass is 9.89. The lowest BCUT2D eigenvalue weighted by molar-refractivity contribution is -0.140. The number of aromatic nitrogens is 2. The molecule has 1 unspecified atom stereocenters. The van der Waals surface area contributed by atoms with Crippen molar-refractivity contribution >= 4 is 28.6 Å². The predicted molar refractivity (Wildman–Crippen MR) is 114 cm³/mol. The molecule has 3 amide bonds. The van der Waals surface area contributed by atoms with Crippen LogP contribution in [-0.4, -0.2) is 62.2 Å². The van der Waals surface area contributed by atoms with Gasteiger partial charge in [0.2, 0.25) is 11.8 Å². The summed E-state index contributed by atoms with van der Waals surface area (Å²) >= 11 is 0. The van der Waals surface area contributed by atoms with Crippen LogP contribution in [0.15, 0.2) is 24.3 Å². The van der Waals surface area contributed by atoms with Gasteiger partial charge in [0, 0.05) is 18.0 Å². The zero-order chi connectivity index (χ0) is 22.5. The van der Waals surface area contributed by atoms with E-state index in [-0.39, 0.29) is 42.1 Å². The molecule has 2 fully saturated rings. The molecule has 2 heterocycles. The number of aliphatic hydroxyl groups is 1. The SMILES string of the molecule is CC(C)(C)C(O)CNC(=O)[C@@H]1C[C@H]2C[C@H]2N1C(=O)Cn1nc(C(N)=O)c2ccccc21. The van der Waals surface area contributed by atoms with Gasteiger partial charge in [0.05, 0.1) is 11.6 Å². The number of rotatable bonds is 6. The van der Waals surface area contributed by atoms with Gasteiger partial charge < -0.3 is 21.1 Å². The molecule has 9 heteroatoms. The second-order valence-corrected chi connectivity index (χ2v) is 9.63. The summed E-state index contributed by atoms with van der Waals surface area (Å²) < 4.78 is 1.48. The maximum absolute atomic E-state index is 13.2. The molecule has 1 saturated carbocycles. The van der Waals surface area contributed by atoms with E-state index in [4.69, 9.17) is 5.73 Å². The fourth-order valence-electron chi connectivity index (χ4n) is 4.31. The number of carbonyl (C=O) groups excluding carboxylic acids is 3. The van der Waals surface area contributed by atoms with Crippen molar-refractivity contribution < 1.29 is 19.5 Å². The second kappa shape index (κ2) is 7.64. The molecule has 0 radical (unpaired) electrons. The number of likely N-dealkylation sites (tertiary alicyclic amines) is 1. The van der Waals surface area contributed by atoms with Crippen LogP contribution >= 0.6 is 0 Å². The van der Waals surface area contributed by atoms with E-state index in [0.29, 0.717) is 23.2 Å². The van der Waals surface area contributed by atoms with Crippen LogP contribution < -0.4 is 11.1 Å². The molecule has 1 aliphatic heterocycles. The number of nitrogens with one attached hydrogen (secondary N) is 1. The Morgan fingerprint density at radius 1 is 1.26 bits per heavy atom. The van der Waals surface area contributed by atoms with Crippen LogP contribution in [0.4, 0.5) is 0 Å². The summed E-state index contributed by atoms with van der Waals surface area (Å²) in [6.07, 6.45) is 0.839.